The van der Waals surface area contributed by atoms with Crippen molar-refractivity contribution in [3.8, 4) is 0 Å². The minimum Gasteiger partial charge on any atom is -0.374 e. The number of nitrogens with two attached hydrogens (primary N) is 1. The van der Waals surface area contributed by atoms with Gasteiger partial charge in [-0.15, -0.1) is 6.58 Å². The molecule has 0 aromatic rings. The number of rotatable bonds is 3. The highest BCUT2D eigenvalue weighted by Gasteiger charge is 2.21. The molecule has 1 saturated carbocycles. The number of ether oxygens (including phenoxy) is 1. The van der Waals surface area contributed by atoms with Crippen LogP contribution >= 0.6 is 0 Å². The van der Waals surface area contributed by atoms with Gasteiger partial charge in [0.2, 0.25) is 0 Å². The fourth-order valence-electron chi connectivity index (χ4n) is 1.33. The van der Waals surface area contributed by atoms with E-state index in [0.717, 1.165) is 19.3 Å². The van der Waals surface area contributed by atoms with Gasteiger partial charge in [-0.1, -0.05) is 6.08 Å². The Morgan fingerprint density at radius 3 is 2.90 bits per heavy atom. The molecular weight excluding hydrogens is 126 g/mol. The molecule has 2 atom stereocenters. The highest BCUT2D eigenvalue weighted by atomic mass is 16.5. The molecule has 0 radical (unpaired) electrons. The monoisotopic (exact) mass is 141 g/mol. The molecule has 0 aromatic heterocycles. The summed E-state index contributed by atoms with van der Waals surface area (Å²) in [6.07, 6.45) is 5.43. The molecule has 0 amide bonds. The van der Waals surface area contributed by atoms with Crippen molar-refractivity contribution in [1.29, 1.82) is 0 Å². The van der Waals surface area contributed by atoms with E-state index < -0.39 is 0 Å². The molecule has 2 heteroatoms. The molecule has 0 bridgehead atoms. The average molecular weight is 141 g/mol. The first-order valence-corrected chi connectivity index (χ1v) is 3.81. The van der Waals surface area contributed by atoms with Crippen LogP contribution in [0.3, 0.4) is 0 Å². The van der Waals surface area contributed by atoms with Gasteiger partial charge in [-0.25, -0.2) is 0 Å². The van der Waals surface area contributed by atoms with E-state index in [-0.39, 0.29) is 0 Å². The van der Waals surface area contributed by atoms with Gasteiger partial charge in [-0.2, -0.15) is 0 Å². The molecule has 1 fully saturated rings. The molecule has 2 N–H and O–H groups in total. The average Bonchev–Trinajstić information content (AvgIpc) is 2.31. The first-order chi connectivity index (χ1) is 4.83. The van der Waals surface area contributed by atoms with Crippen LogP contribution in [-0.4, -0.2) is 18.8 Å². The summed E-state index contributed by atoms with van der Waals surface area (Å²) in [5.74, 6) is 0. The second kappa shape index (κ2) is 3.74. The summed E-state index contributed by atoms with van der Waals surface area (Å²) in [4.78, 5) is 0. The summed E-state index contributed by atoms with van der Waals surface area (Å²) in [5, 5.41) is 0. The van der Waals surface area contributed by atoms with Crippen molar-refractivity contribution in [3.63, 3.8) is 0 Å². The van der Waals surface area contributed by atoms with Gasteiger partial charge in [0.05, 0.1) is 12.7 Å². The summed E-state index contributed by atoms with van der Waals surface area (Å²) in [5.41, 5.74) is 5.69. The minimum atomic E-state index is 0.370. The van der Waals surface area contributed by atoms with E-state index in [1.54, 1.807) is 6.08 Å². The smallest absolute Gasteiger partial charge is 0.0648 e. The fourth-order valence-corrected chi connectivity index (χ4v) is 1.33. The van der Waals surface area contributed by atoms with Gasteiger partial charge in [0.25, 0.3) is 0 Å². The van der Waals surface area contributed by atoms with Gasteiger partial charge in [0, 0.05) is 6.04 Å². The summed E-state index contributed by atoms with van der Waals surface area (Å²) >= 11 is 0. The number of hydrogen-bond acceptors (Lipinski definition) is 2. The predicted molar refractivity (Wildman–Crippen MR) is 41.8 cm³/mol. The summed E-state index contributed by atoms with van der Waals surface area (Å²) in [6.45, 7) is 4.25. The molecule has 0 unspecified atom stereocenters. The standard InChI is InChI=1S/C8H15NO/c1-2-5-10-8-4-3-7(9)6-8/h2,7-8H,1,3-6,9H2/t7-,8+/m1/s1. The van der Waals surface area contributed by atoms with Gasteiger partial charge in [0.1, 0.15) is 0 Å². The van der Waals surface area contributed by atoms with Crippen LogP contribution in [0.4, 0.5) is 0 Å². The van der Waals surface area contributed by atoms with E-state index in [2.05, 4.69) is 6.58 Å². The van der Waals surface area contributed by atoms with E-state index in [4.69, 9.17) is 10.5 Å². The fraction of sp³-hybridized carbons (Fsp3) is 0.750. The SMILES string of the molecule is C=CCO[C@H]1CC[C@@H](N)C1. The lowest BCUT2D eigenvalue weighted by Gasteiger charge is -2.08. The first-order valence-electron chi connectivity index (χ1n) is 3.81. The quantitative estimate of drug-likeness (QED) is 0.597. The molecule has 0 spiro atoms. The lowest BCUT2D eigenvalue weighted by Crippen LogP contribution is -2.17. The second-order valence-electron chi connectivity index (χ2n) is 2.82. The molecule has 0 saturated heterocycles. The van der Waals surface area contributed by atoms with Crippen molar-refractivity contribution in [2.24, 2.45) is 5.73 Å². The van der Waals surface area contributed by atoms with E-state index >= 15 is 0 Å². The van der Waals surface area contributed by atoms with Crippen LogP contribution < -0.4 is 5.73 Å². The van der Waals surface area contributed by atoms with E-state index in [9.17, 15) is 0 Å². The zero-order valence-corrected chi connectivity index (χ0v) is 6.25. The Morgan fingerprint density at radius 2 is 2.40 bits per heavy atom. The molecule has 1 aliphatic carbocycles. The Labute approximate surface area is 62.1 Å². The highest BCUT2D eigenvalue weighted by Crippen LogP contribution is 2.19. The zero-order chi connectivity index (χ0) is 7.40. The van der Waals surface area contributed by atoms with Crippen molar-refractivity contribution in [3.05, 3.63) is 12.7 Å². The minimum absolute atomic E-state index is 0.370. The van der Waals surface area contributed by atoms with Gasteiger partial charge >= 0.3 is 0 Å². The van der Waals surface area contributed by atoms with E-state index in [1.807, 2.05) is 0 Å². The molecule has 0 aliphatic heterocycles. The van der Waals surface area contributed by atoms with Crippen LogP contribution in [-0.2, 0) is 4.74 Å². The first kappa shape index (κ1) is 7.76. The van der Waals surface area contributed by atoms with Crippen molar-refractivity contribution in [2.75, 3.05) is 6.61 Å². The maximum atomic E-state index is 5.69. The second-order valence-corrected chi connectivity index (χ2v) is 2.82. The number of hydrogen-bond donors (Lipinski definition) is 1. The third-order valence-corrected chi connectivity index (χ3v) is 1.87. The van der Waals surface area contributed by atoms with Crippen LogP contribution in [0.1, 0.15) is 19.3 Å². The van der Waals surface area contributed by atoms with Crippen LogP contribution in [0.5, 0.6) is 0 Å². The van der Waals surface area contributed by atoms with Crippen LogP contribution in [0.25, 0.3) is 0 Å². The molecule has 1 rings (SSSR count). The summed E-state index contributed by atoms with van der Waals surface area (Å²) in [6, 6.07) is 0.370. The van der Waals surface area contributed by atoms with Crippen molar-refractivity contribution in [2.45, 2.75) is 31.4 Å². The topological polar surface area (TPSA) is 35.2 Å². The third-order valence-electron chi connectivity index (χ3n) is 1.87. The maximum absolute atomic E-state index is 5.69. The van der Waals surface area contributed by atoms with E-state index in [1.165, 1.54) is 0 Å². The summed E-state index contributed by atoms with van der Waals surface area (Å²) in [7, 11) is 0. The summed E-state index contributed by atoms with van der Waals surface area (Å²) < 4.78 is 5.42. The molecule has 58 valence electrons. The molecule has 0 aromatic carbocycles. The Kier molecular flexibility index (Phi) is 2.90. The third kappa shape index (κ3) is 2.12. The zero-order valence-electron chi connectivity index (χ0n) is 6.25. The maximum Gasteiger partial charge on any atom is 0.0648 e. The van der Waals surface area contributed by atoms with Gasteiger partial charge in [-0.3, -0.25) is 0 Å². The Balaban J connectivity index is 2.12. The molecule has 2 nitrogen and oxygen atoms in total. The molecular formula is C8H15NO. The normalized spacial score (nSPS) is 32.5. The highest BCUT2D eigenvalue weighted by molar-refractivity contribution is 4.79. The van der Waals surface area contributed by atoms with Crippen molar-refractivity contribution < 1.29 is 4.74 Å². The molecule has 1 aliphatic rings. The van der Waals surface area contributed by atoms with Crippen molar-refractivity contribution >= 4 is 0 Å². The largest absolute Gasteiger partial charge is 0.374 e. The van der Waals surface area contributed by atoms with Gasteiger partial charge in [-0.05, 0) is 19.3 Å². The molecule has 10 heavy (non-hydrogen) atoms. The van der Waals surface area contributed by atoms with Gasteiger partial charge in [0.15, 0.2) is 0 Å². The Bertz CT molecular complexity index is 114. The Morgan fingerprint density at radius 1 is 1.60 bits per heavy atom. The Hall–Kier alpha value is -0.340. The van der Waals surface area contributed by atoms with Crippen LogP contribution in [0.2, 0.25) is 0 Å². The predicted octanol–water partition coefficient (Wildman–Crippen LogP) is 1.07. The lowest BCUT2D eigenvalue weighted by molar-refractivity contribution is 0.0792. The van der Waals surface area contributed by atoms with Crippen LogP contribution in [0.15, 0.2) is 12.7 Å². The van der Waals surface area contributed by atoms with Gasteiger partial charge < -0.3 is 10.5 Å². The lowest BCUT2D eigenvalue weighted by atomic mass is 10.3. The van der Waals surface area contributed by atoms with Crippen LogP contribution in [0, 0.1) is 0 Å². The van der Waals surface area contributed by atoms with E-state index in [0.29, 0.717) is 18.8 Å². The van der Waals surface area contributed by atoms with Crippen molar-refractivity contribution in [1.82, 2.24) is 0 Å². The molecule has 0 heterocycles.